The fourth-order valence-electron chi connectivity index (χ4n) is 1.68. The second kappa shape index (κ2) is 8.27. The second-order valence-corrected chi connectivity index (χ2v) is 3.38. The van der Waals surface area contributed by atoms with Crippen LogP contribution in [0.5, 0.6) is 0 Å². The van der Waals surface area contributed by atoms with Crippen LogP contribution in [0, 0.1) is 0 Å². The van der Waals surface area contributed by atoms with Crippen molar-refractivity contribution in [1.82, 2.24) is 10.2 Å². The molecule has 1 atom stereocenters. The van der Waals surface area contributed by atoms with Crippen molar-refractivity contribution in [3.05, 3.63) is 12.7 Å². The molecule has 0 spiro atoms. The smallest absolute Gasteiger partial charge is 0.0223 e. The Morgan fingerprint density at radius 1 is 1.46 bits per heavy atom. The van der Waals surface area contributed by atoms with Gasteiger partial charge in [0.25, 0.3) is 0 Å². The zero-order valence-corrected chi connectivity index (χ0v) is 9.34. The molecule has 13 heavy (non-hydrogen) atoms. The molecule has 0 aliphatic rings. The van der Waals surface area contributed by atoms with Gasteiger partial charge in [-0.1, -0.05) is 26.3 Å². The lowest BCUT2D eigenvalue weighted by molar-refractivity contribution is 0.213. The van der Waals surface area contributed by atoms with Gasteiger partial charge >= 0.3 is 0 Å². The third-order valence-corrected chi connectivity index (χ3v) is 2.35. The second-order valence-electron chi connectivity index (χ2n) is 3.38. The average Bonchev–Trinajstić information content (AvgIpc) is 2.14. The fourth-order valence-corrected chi connectivity index (χ4v) is 1.68. The van der Waals surface area contributed by atoms with E-state index in [2.05, 4.69) is 30.6 Å². The van der Waals surface area contributed by atoms with E-state index < -0.39 is 0 Å². The van der Waals surface area contributed by atoms with Gasteiger partial charge in [0.05, 0.1) is 0 Å². The van der Waals surface area contributed by atoms with Gasteiger partial charge in [-0.15, -0.1) is 6.58 Å². The molecule has 0 bridgehead atoms. The van der Waals surface area contributed by atoms with Crippen molar-refractivity contribution in [3.63, 3.8) is 0 Å². The van der Waals surface area contributed by atoms with Gasteiger partial charge < -0.3 is 5.32 Å². The monoisotopic (exact) mass is 184 g/mol. The Bertz CT molecular complexity index is 117. The predicted octanol–water partition coefficient (Wildman–Crippen LogP) is 1.88. The minimum absolute atomic E-state index is 0.665. The van der Waals surface area contributed by atoms with E-state index in [1.54, 1.807) is 0 Å². The molecule has 0 aliphatic carbocycles. The van der Waals surface area contributed by atoms with E-state index in [1.165, 1.54) is 12.8 Å². The molecular weight excluding hydrogens is 160 g/mol. The minimum Gasteiger partial charge on any atom is -0.318 e. The summed E-state index contributed by atoms with van der Waals surface area (Å²) in [6, 6.07) is 0.665. The third-order valence-electron chi connectivity index (χ3n) is 2.35. The lowest BCUT2D eigenvalue weighted by Crippen LogP contribution is -2.41. The summed E-state index contributed by atoms with van der Waals surface area (Å²) < 4.78 is 0. The number of hydrogen-bond donors (Lipinski definition) is 1. The largest absolute Gasteiger partial charge is 0.318 e. The summed E-state index contributed by atoms with van der Waals surface area (Å²) in [5, 5.41) is 3.25. The molecule has 2 nitrogen and oxygen atoms in total. The van der Waals surface area contributed by atoms with E-state index in [0.29, 0.717) is 6.04 Å². The maximum Gasteiger partial charge on any atom is 0.0223 e. The highest BCUT2D eigenvalue weighted by atomic mass is 15.2. The van der Waals surface area contributed by atoms with Crippen LogP contribution < -0.4 is 5.32 Å². The number of rotatable bonds is 8. The summed E-state index contributed by atoms with van der Waals surface area (Å²) in [4.78, 5) is 2.47. The first-order valence-corrected chi connectivity index (χ1v) is 5.29. The van der Waals surface area contributed by atoms with Crippen LogP contribution in [0.2, 0.25) is 0 Å². The number of nitrogens with zero attached hydrogens (tertiary/aromatic N) is 1. The first-order chi connectivity index (χ1) is 6.29. The molecule has 0 aromatic carbocycles. The molecule has 0 saturated heterocycles. The molecule has 1 unspecified atom stereocenters. The lowest BCUT2D eigenvalue weighted by atomic mass is 10.1. The van der Waals surface area contributed by atoms with Crippen molar-refractivity contribution >= 4 is 0 Å². The highest BCUT2D eigenvalue weighted by Gasteiger charge is 2.13. The average molecular weight is 184 g/mol. The summed E-state index contributed by atoms with van der Waals surface area (Å²) in [6.45, 7) is 11.4. The number of nitrogens with one attached hydrogen (secondary N) is 1. The molecule has 0 heterocycles. The van der Waals surface area contributed by atoms with Crippen LogP contribution in [0.3, 0.4) is 0 Å². The van der Waals surface area contributed by atoms with E-state index in [1.807, 2.05) is 13.1 Å². The molecule has 0 aromatic heterocycles. The van der Waals surface area contributed by atoms with E-state index in [4.69, 9.17) is 0 Å². The van der Waals surface area contributed by atoms with Crippen LogP contribution in [0.25, 0.3) is 0 Å². The standard InChI is InChI=1S/C11H24N2/c1-5-8-11(10-12-4)13(7-3)9-6-2/h6,11-12H,2,5,7-10H2,1,3-4H3. The van der Waals surface area contributed by atoms with Gasteiger partial charge in [0.2, 0.25) is 0 Å². The van der Waals surface area contributed by atoms with Crippen molar-refractivity contribution in [2.45, 2.75) is 32.7 Å². The van der Waals surface area contributed by atoms with Gasteiger partial charge in [-0.25, -0.2) is 0 Å². The van der Waals surface area contributed by atoms with Gasteiger partial charge in [-0.3, -0.25) is 4.90 Å². The molecule has 0 rings (SSSR count). The van der Waals surface area contributed by atoms with Crippen LogP contribution in [0.15, 0.2) is 12.7 Å². The fraction of sp³-hybridized carbons (Fsp3) is 0.818. The van der Waals surface area contributed by atoms with Gasteiger partial charge in [0.1, 0.15) is 0 Å². The van der Waals surface area contributed by atoms with Crippen LogP contribution in [0.4, 0.5) is 0 Å². The molecule has 2 heteroatoms. The zero-order valence-electron chi connectivity index (χ0n) is 9.34. The Kier molecular flexibility index (Phi) is 8.05. The van der Waals surface area contributed by atoms with Gasteiger partial charge in [-0.05, 0) is 20.0 Å². The maximum absolute atomic E-state index is 3.79. The SMILES string of the molecule is C=CCN(CC)C(CCC)CNC. The van der Waals surface area contributed by atoms with Crippen molar-refractivity contribution in [3.8, 4) is 0 Å². The van der Waals surface area contributed by atoms with Crippen molar-refractivity contribution in [2.24, 2.45) is 0 Å². The highest BCUT2D eigenvalue weighted by Crippen LogP contribution is 2.05. The molecular formula is C11H24N2. The Labute approximate surface area is 83.0 Å². The van der Waals surface area contributed by atoms with E-state index in [0.717, 1.165) is 19.6 Å². The third kappa shape index (κ3) is 5.06. The molecule has 0 aliphatic heterocycles. The molecule has 0 aromatic rings. The van der Waals surface area contributed by atoms with Crippen molar-refractivity contribution in [2.75, 3.05) is 26.7 Å². The Morgan fingerprint density at radius 2 is 2.15 bits per heavy atom. The van der Waals surface area contributed by atoms with Crippen molar-refractivity contribution in [1.29, 1.82) is 0 Å². The Morgan fingerprint density at radius 3 is 2.54 bits per heavy atom. The molecule has 0 radical (unpaired) electrons. The number of hydrogen-bond acceptors (Lipinski definition) is 2. The van der Waals surface area contributed by atoms with Gasteiger partial charge in [0.15, 0.2) is 0 Å². The van der Waals surface area contributed by atoms with Crippen LogP contribution in [-0.2, 0) is 0 Å². The van der Waals surface area contributed by atoms with Gasteiger partial charge in [-0.2, -0.15) is 0 Å². The van der Waals surface area contributed by atoms with Crippen LogP contribution in [-0.4, -0.2) is 37.6 Å². The summed E-state index contributed by atoms with van der Waals surface area (Å²) >= 11 is 0. The van der Waals surface area contributed by atoms with Gasteiger partial charge in [0, 0.05) is 19.1 Å². The first-order valence-electron chi connectivity index (χ1n) is 5.29. The molecule has 0 fully saturated rings. The minimum atomic E-state index is 0.665. The zero-order chi connectivity index (χ0) is 10.1. The molecule has 0 saturated carbocycles. The van der Waals surface area contributed by atoms with E-state index >= 15 is 0 Å². The number of likely N-dealkylation sites (N-methyl/N-ethyl adjacent to an activating group) is 2. The van der Waals surface area contributed by atoms with E-state index in [-0.39, 0.29) is 0 Å². The normalized spacial score (nSPS) is 13.2. The quantitative estimate of drug-likeness (QED) is 0.579. The maximum atomic E-state index is 3.79. The highest BCUT2D eigenvalue weighted by molar-refractivity contribution is 4.79. The summed E-state index contributed by atoms with van der Waals surface area (Å²) in [5.74, 6) is 0. The Hall–Kier alpha value is -0.340. The molecule has 78 valence electrons. The first kappa shape index (κ1) is 12.7. The summed E-state index contributed by atoms with van der Waals surface area (Å²) in [5.41, 5.74) is 0. The molecule has 1 N–H and O–H groups in total. The van der Waals surface area contributed by atoms with Crippen LogP contribution in [0.1, 0.15) is 26.7 Å². The summed E-state index contributed by atoms with van der Waals surface area (Å²) in [7, 11) is 2.02. The summed E-state index contributed by atoms with van der Waals surface area (Å²) in [6.07, 6.45) is 4.50. The topological polar surface area (TPSA) is 15.3 Å². The van der Waals surface area contributed by atoms with Crippen LogP contribution >= 0.6 is 0 Å². The predicted molar refractivity (Wildman–Crippen MR) is 60.1 cm³/mol. The molecule has 0 amide bonds. The lowest BCUT2D eigenvalue weighted by Gasteiger charge is -2.29. The van der Waals surface area contributed by atoms with Crippen molar-refractivity contribution < 1.29 is 0 Å². The van der Waals surface area contributed by atoms with E-state index in [9.17, 15) is 0 Å². The Balaban J connectivity index is 4.02.